The summed E-state index contributed by atoms with van der Waals surface area (Å²) >= 11 is 0. The number of benzene rings is 1. The zero-order chi connectivity index (χ0) is 15.1. The number of nitrogens with zero attached hydrogens (tertiary/aromatic N) is 2. The van der Waals surface area contributed by atoms with Gasteiger partial charge < -0.3 is 5.73 Å². The summed E-state index contributed by atoms with van der Waals surface area (Å²) in [6.45, 7) is 3.51. The molecule has 0 saturated carbocycles. The van der Waals surface area contributed by atoms with Crippen LogP contribution >= 0.6 is 0 Å². The molecule has 0 radical (unpaired) electrons. The fourth-order valence-electron chi connectivity index (χ4n) is 2.69. The third kappa shape index (κ3) is 2.54. The number of sulfonamides is 1. The van der Waals surface area contributed by atoms with Gasteiger partial charge in [0.25, 0.3) is 0 Å². The molecular weight excluding hydrogens is 286 g/mol. The maximum absolute atomic E-state index is 12.7. The van der Waals surface area contributed by atoms with Crippen molar-refractivity contribution in [2.75, 3.05) is 19.6 Å². The lowest BCUT2D eigenvalue weighted by molar-refractivity contribution is 0.349. The van der Waals surface area contributed by atoms with Crippen molar-refractivity contribution in [3.8, 4) is 0 Å². The van der Waals surface area contributed by atoms with Crippen molar-refractivity contribution in [2.45, 2.75) is 18.2 Å². The lowest BCUT2D eigenvalue weighted by atomic mass is 9.90. The Morgan fingerprint density at radius 1 is 1.38 bits per heavy atom. The summed E-state index contributed by atoms with van der Waals surface area (Å²) in [5.41, 5.74) is 6.42. The van der Waals surface area contributed by atoms with Crippen LogP contribution in [0.5, 0.6) is 0 Å². The van der Waals surface area contributed by atoms with Gasteiger partial charge in [-0.05, 0) is 30.5 Å². The second-order valence-corrected chi connectivity index (χ2v) is 7.91. The third-order valence-electron chi connectivity index (χ3n) is 4.22. The Bertz CT molecular complexity index is 775. The second-order valence-electron chi connectivity index (χ2n) is 5.97. The van der Waals surface area contributed by atoms with Crippen molar-refractivity contribution in [1.82, 2.24) is 9.29 Å². The maximum atomic E-state index is 12.7. The Morgan fingerprint density at radius 3 is 2.86 bits per heavy atom. The molecule has 0 spiro atoms. The van der Waals surface area contributed by atoms with E-state index in [1.165, 1.54) is 10.5 Å². The molecule has 3 rings (SSSR count). The molecule has 2 aromatic rings. The maximum Gasteiger partial charge on any atom is 0.244 e. The fourth-order valence-corrected chi connectivity index (χ4v) is 4.26. The molecule has 0 aliphatic carbocycles. The summed E-state index contributed by atoms with van der Waals surface area (Å²) in [6, 6.07) is 9.19. The van der Waals surface area contributed by atoms with Gasteiger partial charge in [0.15, 0.2) is 0 Å². The number of nitrogens with two attached hydrogens (primary N) is 1. The molecule has 2 heterocycles. The van der Waals surface area contributed by atoms with Crippen LogP contribution < -0.4 is 5.73 Å². The Kier molecular flexibility index (Phi) is 3.47. The Balaban J connectivity index is 1.97. The Hall–Kier alpha value is -1.50. The van der Waals surface area contributed by atoms with E-state index < -0.39 is 10.0 Å². The highest BCUT2D eigenvalue weighted by molar-refractivity contribution is 7.89. The van der Waals surface area contributed by atoms with Crippen LogP contribution in [0.2, 0.25) is 0 Å². The molecule has 21 heavy (non-hydrogen) atoms. The summed E-state index contributed by atoms with van der Waals surface area (Å²) in [5.74, 6) is 0. The number of para-hydroxylation sites is 1. The first-order chi connectivity index (χ1) is 9.94. The number of aromatic nitrogens is 1. The second kappa shape index (κ2) is 5.05. The SMILES string of the molecule is CC1(CN)CCN(S(=O)(=O)c2cnc3ccccc3c2)C1. The zero-order valence-electron chi connectivity index (χ0n) is 12.0. The predicted molar refractivity (Wildman–Crippen MR) is 82.3 cm³/mol. The number of fused-ring (bicyclic) bond motifs is 1. The molecule has 1 saturated heterocycles. The summed E-state index contributed by atoms with van der Waals surface area (Å²) < 4.78 is 27.0. The number of rotatable bonds is 3. The highest BCUT2D eigenvalue weighted by atomic mass is 32.2. The molecular formula is C15H19N3O2S. The molecule has 1 aliphatic rings. The van der Waals surface area contributed by atoms with Gasteiger partial charge in [-0.3, -0.25) is 4.98 Å². The summed E-state index contributed by atoms with van der Waals surface area (Å²) in [5, 5.41) is 0.833. The van der Waals surface area contributed by atoms with Crippen LogP contribution in [0.15, 0.2) is 41.4 Å². The van der Waals surface area contributed by atoms with Gasteiger partial charge in [0, 0.05) is 24.7 Å². The molecule has 1 unspecified atom stereocenters. The van der Waals surface area contributed by atoms with Gasteiger partial charge in [0.05, 0.1) is 5.52 Å². The predicted octanol–water partition coefficient (Wildman–Crippen LogP) is 1.59. The van der Waals surface area contributed by atoms with Crippen LogP contribution in [0.3, 0.4) is 0 Å². The van der Waals surface area contributed by atoms with Crippen LogP contribution in [0.4, 0.5) is 0 Å². The molecule has 6 heteroatoms. The standard InChI is InChI=1S/C15H19N3O2S/c1-15(10-16)6-7-18(11-15)21(19,20)13-8-12-4-2-3-5-14(12)17-9-13/h2-5,8-9H,6-7,10-11,16H2,1H3. The van der Waals surface area contributed by atoms with Gasteiger partial charge in [0.2, 0.25) is 10.0 Å². The highest BCUT2D eigenvalue weighted by Crippen LogP contribution is 2.32. The average molecular weight is 305 g/mol. The molecule has 0 bridgehead atoms. The molecule has 2 N–H and O–H groups in total. The average Bonchev–Trinajstić information content (AvgIpc) is 2.91. The highest BCUT2D eigenvalue weighted by Gasteiger charge is 2.39. The van der Waals surface area contributed by atoms with Crippen LogP contribution in [-0.2, 0) is 10.0 Å². The molecule has 5 nitrogen and oxygen atoms in total. The molecule has 1 atom stereocenters. The van der Waals surface area contributed by atoms with Crippen LogP contribution in [-0.4, -0.2) is 37.3 Å². The van der Waals surface area contributed by atoms with Gasteiger partial charge in [0.1, 0.15) is 4.90 Å². The van der Waals surface area contributed by atoms with Crippen molar-refractivity contribution >= 4 is 20.9 Å². The van der Waals surface area contributed by atoms with Crippen LogP contribution in [0, 0.1) is 5.41 Å². The van der Waals surface area contributed by atoms with E-state index in [4.69, 9.17) is 5.73 Å². The molecule has 1 aromatic heterocycles. The van der Waals surface area contributed by atoms with E-state index in [0.717, 1.165) is 17.3 Å². The van der Waals surface area contributed by atoms with Crippen LogP contribution in [0.1, 0.15) is 13.3 Å². The lowest BCUT2D eigenvalue weighted by Crippen LogP contribution is -2.34. The third-order valence-corrected chi connectivity index (χ3v) is 6.03. The minimum atomic E-state index is -3.50. The van der Waals surface area contributed by atoms with Crippen molar-refractivity contribution in [3.05, 3.63) is 36.5 Å². The first-order valence-electron chi connectivity index (χ1n) is 7.00. The minimum Gasteiger partial charge on any atom is -0.330 e. The van der Waals surface area contributed by atoms with E-state index in [1.54, 1.807) is 6.07 Å². The molecule has 1 aliphatic heterocycles. The number of pyridine rings is 1. The van der Waals surface area contributed by atoms with E-state index in [2.05, 4.69) is 4.98 Å². The molecule has 112 valence electrons. The Labute approximate surface area is 124 Å². The molecule has 1 aromatic carbocycles. The first-order valence-corrected chi connectivity index (χ1v) is 8.44. The van der Waals surface area contributed by atoms with E-state index in [0.29, 0.717) is 19.6 Å². The molecule has 0 amide bonds. The largest absolute Gasteiger partial charge is 0.330 e. The normalized spacial score (nSPS) is 23.7. The summed E-state index contributed by atoms with van der Waals surface area (Å²) in [7, 11) is -3.50. The summed E-state index contributed by atoms with van der Waals surface area (Å²) in [6.07, 6.45) is 2.24. The van der Waals surface area contributed by atoms with Gasteiger partial charge in [-0.2, -0.15) is 4.31 Å². The van der Waals surface area contributed by atoms with Crippen molar-refractivity contribution in [2.24, 2.45) is 11.1 Å². The van der Waals surface area contributed by atoms with Gasteiger partial charge in [-0.15, -0.1) is 0 Å². The number of hydrogen-bond acceptors (Lipinski definition) is 4. The zero-order valence-corrected chi connectivity index (χ0v) is 12.8. The fraction of sp³-hybridized carbons (Fsp3) is 0.400. The van der Waals surface area contributed by atoms with E-state index in [-0.39, 0.29) is 10.3 Å². The number of hydrogen-bond donors (Lipinski definition) is 1. The van der Waals surface area contributed by atoms with E-state index in [9.17, 15) is 8.42 Å². The van der Waals surface area contributed by atoms with Gasteiger partial charge >= 0.3 is 0 Å². The van der Waals surface area contributed by atoms with E-state index in [1.807, 2.05) is 31.2 Å². The smallest absolute Gasteiger partial charge is 0.244 e. The van der Waals surface area contributed by atoms with Gasteiger partial charge in [-0.1, -0.05) is 25.1 Å². The summed E-state index contributed by atoms with van der Waals surface area (Å²) in [4.78, 5) is 4.50. The van der Waals surface area contributed by atoms with Crippen molar-refractivity contribution < 1.29 is 8.42 Å². The Morgan fingerprint density at radius 2 is 2.14 bits per heavy atom. The minimum absolute atomic E-state index is 0.128. The lowest BCUT2D eigenvalue weighted by Gasteiger charge is -2.22. The van der Waals surface area contributed by atoms with E-state index >= 15 is 0 Å². The topological polar surface area (TPSA) is 76.3 Å². The van der Waals surface area contributed by atoms with Gasteiger partial charge in [-0.25, -0.2) is 8.42 Å². The molecule has 1 fully saturated rings. The quantitative estimate of drug-likeness (QED) is 0.934. The van der Waals surface area contributed by atoms with Crippen molar-refractivity contribution in [3.63, 3.8) is 0 Å². The van der Waals surface area contributed by atoms with Crippen LogP contribution in [0.25, 0.3) is 10.9 Å². The first kappa shape index (κ1) is 14.4. The van der Waals surface area contributed by atoms with Crippen molar-refractivity contribution in [1.29, 1.82) is 0 Å². The monoisotopic (exact) mass is 305 g/mol.